The summed E-state index contributed by atoms with van der Waals surface area (Å²) in [6.07, 6.45) is 0. The van der Waals surface area contributed by atoms with Crippen molar-refractivity contribution >= 4 is 15.9 Å². The van der Waals surface area contributed by atoms with Crippen molar-refractivity contribution in [1.29, 1.82) is 0 Å². The number of hydrogen-bond acceptors (Lipinski definition) is 2. The zero-order chi connectivity index (χ0) is 13.5. The second-order valence-electron chi connectivity index (χ2n) is 4.43. The van der Waals surface area contributed by atoms with E-state index in [1.54, 1.807) is 0 Å². The van der Waals surface area contributed by atoms with E-state index in [1.165, 1.54) is 16.7 Å². The van der Waals surface area contributed by atoms with E-state index in [2.05, 4.69) is 51.6 Å². The lowest BCUT2D eigenvalue weighted by atomic mass is 10.1. The van der Waals surface area contributed by atoms with Crippen LogP contribution in [0.2, 0.25) is 0 Å². The molecular weight excluding hydrogens is 302 g/mol. The van der Waals surface area contributed by atoms with Gasteiger partial charge in [0.05, 0.1) is 13.2 Å². The minimum atomic E-state index is 0.623. The lowest BCUT2D eigenvalue weighted by molar-refractivity contribution is 0.106. The zero-order valence-corrected chi connectivity index (χ0v) is 12.6. The predicted octanol–water partition coefficient (Wildman–Crippen LogP) is 3.89. The Labute approximate surface area is 122 Å². The first-order valence-corrected chi connectivity index (χ1v) is 7.12. The summed E-state index contributed by atoms with van der Waals surface area (Å²) < 4.78 is 6.87. The third kappa shape index (κ3) is 4.46. The minimum Gasteiger partial charge on any atom is -0.372 e. The summed E-state index contributed by atoms with van der Waals surface area (Å²) in [7, 11) is 1.95. The maximum atomic E-state index is 5.77. The van der Waals surface area contributed by atoms with E-state index in [-0.39, 0.29) is 0 Å². The van der Waals surface area contributed by atoms with Gasteiger partial charge in [0, 0.05) is 11.0 Å². The number of hydrogen-bond donors (Lipinski definition) is 1. The van der Waals surface area contributed by atoms with Crippen LogP contribution in [-0.4, -0.2) is 7.05 Å². The molecule has 2 rings (SSSR count). The molecule has 0 bridgehead atoms. The third-order valence-corrected chi connectivity index (χ3v) is 3.63. The van der Waals surface area contributed by atoms with Gasteiger partial charge in [-0.2, -0.15) is 0 Å². The molecule has 0 heterocycles. The monoisotopic (exact) mass is 319 g/mol. The Morgan fingerprint density at radius 1 is 1.00 bits per heavy atom. The second-order valence-corrected chi connectivity index (χ2v) is 5.29. The summed E-state index contributed by atoms with van der Waals surface area (Å²) in [5, 5.41) is 3.15. The number of ether oxygens (including phenoxy) is 1. The maximum absolute atomic E-state index is 5.77. The first-order valence-electron chi connectivity index (χ1n) is 6.33. The predicted molar refractivity (Wildman–Crippen MR) is 81.8 cm³/mol. The van der Waals surface area contributed by atoms with E-state index in [4.69, 9.17) is 4.74 Å². The summed E-state index contributed by atoms with van der Waals surface area (Å²) in [5.74, 6) is 0. The van der Waals surface area contributed by atoms with Crippen molar-refractivity contribution in [3.63, 3.8) is 0 Å². The Morgan fingerprint density at radius 2 is 1.79 bits per heavy atom. The van der Waals surface area contributed by atoms with Crippen LogP contribution in [0.1, 0.15) is 16.7 Å². The molecule has 0 fully saturated rings. The molecule has 19 heavy (non-hydrogen) atoms. The number of nitrogens with one attached hydrogen (secondary N) is 1. The smallest absolute Gasteiger partial charge is 0.0732 e. The van der Waals surface area contributed by atoms with Gasteiger partial charge in [0.15, 0.2) is 0 Å². The van der Waals surface area contributed by atoms with Crippen LogP contribution in [0.3, 0.4) is 0 Å². The highest BCUT2D eigenvalue weighted by molar-refractivity contribution is 9.10. The van der Waals surface area contributed by atoms with Crippen molar-refractivity contribution in [1.82, 2.24) is 5.32 Å². The fourth-order valence-corrected chi connectivity index (χ4v) is 2.33. The van der Waals surface area contributed by atoms with Crippen molar-refractivity contribution < 1.29 is 4.74 Å². The quantitative estimate of drug-likeness (QED) is 0.872. The van der Waals surface area contributed by atoms with Gasteiger partial charge in [-0.3, -0.25) is 0 Å². The van der Waals surface area contributed by atoms with Gasteiger partial charge < -0.3 is 10.1 Å². The lowest BCUT2D eigenvalue weighted by Gasteiger charge is -2.08. The van der Waals surface area contributed by atoms with E-state index in [9.17, 15) is 0 Å². The van der Waals surface area contributed by atoms with E-state index in [1.807, 2.05) is 25.2 Å². The average Bonchev–Trinajstić information content (AvgIpc) is 2.42. The second kappa shape index (κ2) is 7.43. The maximum Gasteiger partial charge on any atom is 0.0732 e. The Balaban J connectivity index is 1.89. The third-order valence-electron chi connectivity index (χ3n) is 2.86. The molecule has 0 radical (unpaired) electrons. The highest BCUT2D eigenvalue weighted by Gasteiger charge is 2.00. The SMILES string of the molecule is CNCc1cccc(COCc2ccccc2Br)c1. The molecule has 0 saturated carbocycles. The van der Waals surface area contributed by atoms with Crippen LogP contribution in [0, 0.1) is 0 Å². The van der Waals surface area contributed by atoms with Crippen LogP contribution in [0.25, 0.3) is 0 Å². The molecule has 0 saturated heterocycles. The van der Waals surface area contributed by atoms with Crippen molar-refractivity contribution in [2.45, 2.75) is 19.8 Å². The van der Waals surface area contributed by atoms with Gasteiger partial charge in [0.1, 0.15) is 0 Å². The highest BCUT2D eigenvalue weighted by atomic mass is 79.9. The van der Waals surface area contributed by atoms with Crippen LogP contribution in [0.4, 0.5) is 0 Å². The van der Waals surface area contributed by atoms with Gasteiger partial charge in [0.2, 0.25) is 0 Å². The highest BCUT2D eigenvalue weighted by Crippen LogP contribution is 2.17. The minimum absolute atomic E-state index is 0.623. The first-order chi connectivity index (χ1) is 9.29. The molecule has 0 spiro atoms. The van der Waals surface area contributed by atoms with Crippen LogP contribution < -0.4 is 5.32 Å². The van der Waals surface area contributed by atoms with Crippen LogP contribution in [0.5, 0.6) is 0 Å². The number of benzene rings is 2. The summed E-state index contributed by atoms with van der Waals surface area (Å²) >= 11 is 3.53. The van der Waals surface area contributed by atoms with Gasteiger partial charge in [0.25, 0.3) is 0 Å². The normalized spacial score (nSPS) is 10.6. The standard InChI is InChI=1S/C16H18BrNO/c1-18-10-13-5-4-6-14(9-13)11-19-12-15-7-2-3-8-16(15)17/h2-9,18H,10-12H2,1H3. The van der Waals surface area contributed by atoms with Gasteiger partial charge in [-0.25, -0.2) is 0 Å². The molecule has 2 aromatic rings. The Bertz CT molecular complexity index is 528. The summed E-state index contributed by atoms with van der Waals surface area (Å²) in [4.78, 5) is 0. The van der Waals surface area contributed by atoms with E-state index >= 15 is 0 Å². The van der Waals surface area contributed by atoms with Crippen molar-refractivity contribution in [3.8, 4) is 0 Å². The van der Waals surface area contributed by atoms with Crippen LogP contribution >= 0.6 is 15.9 Å². The summed E-state index contributed by atoms with van der Waals surface area (Å²) in [6, 6.07) is 16.6. The molecule has 0 atom stereocenters. The van der Waals surface area contributed by atoms with Crippen molar-refractivity contribution in [3.05, 3.63) is 69.7 Å². The molecule has 2 aromatic carbocycles. The van der Waals surface area contributed by atoms with Gasteiger partial charge in [-0.1, -0.05) is 58.4 Å². The van der Waals surface area contributed by atoms with Crippen molar-refractivity contribution in [2.24, 2.45) is 0 Å². The largest absolute Gasteiger partial charge is 0.372 e. The molecule has 0 aliphatic heterocycles. The van der Waals surface area contributed by atoms with E-state index in [0.29, 0.717) is 13.2 Å². The number of rotatable bonds is 6. The first kappa shape index (κ1) is 14.3. The fraction of sp³-hybridized carbons (Fsp3) is 0.250. The molecular formula is C16H18BrNO. The molecule has 0 unspecified atom stereocenters. The topological polar surface area (TPSA) is 21.3 Å². The van der Waals surface area contributed by atoms with Crippen LogP contribution in [0.15, 0.2) is 53.0 Å². The molecule has 0 amide bonds. The van der Waals surface area contributed by atoms with Gasteiger partial charge >= 0.3 is 0 Å². The van der Waals surface area contributed by atoms with Gasteiger partial charge in [-0.15, -0.1) is 0 Å². The number of halogens is 1. The van der Waals surface area contributed by atoms with E-state index in [0.717, 1.165) is 11.0 Å². The molecule has 0 aromatic heterocycles. The van der Waals surface area contributed by atoms with Crippen molar-refractivity contribution in [2.75, 3.05) is 7.05 Å². The molecule has 100 valence electrons. The average molecular weight is 320 g/mol. The Hall–Kier alpha value is -1.16. The molecule has 0 aliphatic rings. The Kier molecular flexibility index (Phi) is 5.58. The molecule has 0 aliphatic carbocycles. The van der Waals surface area contributed by atoms with Gasteiger partial charge in [-0.05, 0) is 29.8 Å². The molecule has 1 N–H and O–H groups in total. The molecule has 3 heteroatoms. The molecule has 2 nitrogen and oxygen atoms in total. The van der Waals surface area contributed by atoms with Crippen LogP contribution in [-0.2, 0) is 24.5 Å². The zero-order valence-electron chi connectivity index (χ0n) is 11.0. The lowest BCUT2D eigenvalue weighted by Crippen LogP contribution is -2.05. The Morgan fingerprint density at radius 3 is 2.58 bits per heavy atom. The fourth-order valence-electron chi connectivity index (χ4n) is 1.93. The summed E-state index contributed by atoms with van der Waals surface area (Å²) in [5.41, 5.74) is 3.66. The van der Waals surface area contributed by atoms with E-state index < -0.39 is 0 Å². The summed E-state index contributed by atoms with van der Waals surface area (Å²) in [6.45, 7) is 2.15.